The molecule has 0 nitrogen and oxygen atoms in total. The van der Waals surface area contributed by atoms with Crippen molar-refractivity contribution in [2.45, 2.75) is 26.2 Å². The third-order valence-electron chi connectivity index (χ3n) is 5.19. The lowest BCUT2D eigenvalue weighted by Gasteiger charge is -2.08. The van der Waals surface area contributed by atoms with Gasteiger partial charge in [0.1, 0.15) is 0 Å². The predicted octanol–water partition coefficient (Wildman–Crippen LogP) is 7.79. The molecule has 0 aliphatic carbocycles. The molecule has 0 fully saturated rings. The Bertz CT molecular complexity index is 1110. The van der Waals surface area contributed by atoms with Crippen molar-refractivity contribution >= 4 is 10.8 Å². The topological polar surface area (TPSA) is 0 Å². The molecular formula is C26H22F2. The van der Waals surface area contributed by atoms with Crippen LogP contribution >= 0.6 is 0 Å². The number of halogens is 2. The maximum Gasteiger partial charge on any atom is 0.159 e. The Labute approximate surface area is 164 Å². The van der Waals surface area contributed by atoms with Crippen LogP contribution in [0.2, 0.25) is 0 Å². The van der Waals surface area contributed by atoms with Gasteiger partial charge in [-0.2, -0.15) is 0 Å². The van der Waals surface area contributed by atoms with Crippen molar-refractivity contribution in [3.8, 4) is 22.3 Å². The summed E-state index contributed by atoms with van der Waals surface area (Å²) < 4.78 is 26.6. The number of fused-ring (bicyclic) bond motifs is 1. The summed E-state index contributed by atoms with van der Waals surface area (Å²) in [4.78, 5) is 0. The SMILES string of the molecule is CCCCc1ccc2cc(-c3ccc(-c4ccc(F)c(F)c4)cc3)ccc2c1. The molecule has 0 saturated heterocycles. The van der Waals surface area contributed by atoms with Gasteiger partial charge in [0.15, 0.2) is 11.6 Å². The zero-order valence-electron chi connectivity index (χ0n) is 15.9. The molecule has 4 aromatic carbocycles. The van der Waals surface area contributed by atoms with Gasteiger partial charge in [0.2, 0.25) is 0 Å². The van der Waals surface area contributed by atoms with Gasteiger partial charge >= 0.3 is 0 Å². The van der Waals surface area contributed by atoms with E-state index in [1.54, 1.807) is 6.07 Å². The Morgan fingerprint density at radius 3 is 1.82 bits per heavy atom. The van der Waals surface area contributed by atoms with E-state index in [0.717, 1.165) is 29.2 Å². The second-order valence-corrected chi connectivity index (χ2v) is 7.21. The smallest absolute Gasteiger partial charge is 0.159 e. The van der Waals surface area contributed by atoms with Crippen LogP contribution in [-0.2, 0) is 6.42 Å². The molecule has 0 N–H and O–H groups in total. The van der Waals surface area contributed by atoms with E-state index in [-0.39, 0.29) is 0 Å². The molecule has 140 valence electrons. The number of benzene rings is 4. The lowest BCUT2D eigenvalue weighted by Crippen LogP contribution is -1.87. The molecule has 0 radical (unpaired) electrons. The predicted molar refractivity (Wildman–Crippen MR) is 113 cm³/mol. The summed E-state index contributed by atoms with van der Waals surface area (Å²) in [5, 5.41) is 2.48. The highest BCUT2D eigenvalue weighted by Crippen LogP contribution is 2.28. The average molecular weight is 372 g/mol. The van der Waals surface area contributed by atoms with Crippen molar-refractivity contribution in [1.29, 1.82) is 0 Å². The Morgan fingerprint density at radius 2 is 1.14 bits per heavy atom. The normalized spacial score (nSPS) is 11.1. The third kappa shape index (κ3) is 3.82. The first-order valence-electron chi connectivity index (χ1n) is 9.72. The molecule has 0 aliphatic rings. The summed E-state index contributed by atoms with van der Waals surface area (Å²) in [5.74, 6) is -1.65. The fourth-order valence-electron chi connectivity index (χ4n) is 3.54. The molecule has 4 aromatic rings. The molecule has 2 heteroatoms. The molecule has 0 aliphatic heterocycles. The van der Waals surface area contributed by atoms with Crippen LogP contribution in [0, 0.1) is 11.6 Å². The van der Waals surface area contributed by atoms with Gasteiger partial charge in [-0.3, -0.25) is 0 Å². The fraction of sp³-hybridized carbons (Fsp3) is 0.154. The Balaban J connectivity index is 1.61. The highest BCUT2D eigenvalue weighted by atomic mass is 19.2. The van der Waals surface area contributed by atoms with Crippen molar-refractivity contribution in [3.63, 3.8) is 0 Å². The van der Waals surface area contributed by atoms with Gasteiger partial charge in [0.25, 0.3) is 0 Å². The van der Waals surface area contributed by atoms with Gasteiger partial charge in [-0.25, -0.2) is 8.78 Å². The number of aryl methyl sites for hydroxylation is 1. The van der Waals surface area contributed by atoms with Crippen molar-refractivity contribution in [2.24, 2.45) is 0 Å². The van der Waals surface area contributed by atoms with E-state index in [1.165, 1.54) is 35.2 Å². The van der Waals surface area contributed by atoms with Gasteiger partial charge in [-0.15, -0.1) is 0 Å². The minimum Gasteiger partial charge on any atom is -0.204 e. The number of hydrogen-bond acceptors (Lipinski definition) is 0. The third-order valence-corrected chi connectivity index (χ3v) is 5.19. The molecule has 0 amide bonds. The Kier molecular flexibility index (Phi) is 5.21. The van der Waals surface area contributed by atoms with Gasteiger partial charge in [0.05, 0.1) is 0 Å². The molecule has 28 heavy (non-hydrogen) atoms. The molecule has 0 spiro atoms. The van der Waals surface area contributed by atoms with Crippen molar-refractivity contribution < 1.29 is 8.78 Å². The molecule has 0 unspecified atom stereocenters. The van der Waals surface area contributed by atoms with Crippen LogP contribution < -0.4 is 0 Å². The van der Waals surface area contributed by atoms with Crippen LogP contribution in [-0.4, -0.2) is 0 Å². The van der Waals surface area contributed by atoms with E-state index in [0.29, 0.717) is 5.56 Å². The van der Waals surface area contributed by atoms with E-state index < -0.39 is 11.6 Å². The van der Waals surface area contributed by atoms with Crippen LogP contribution in [0.1, 0.15) is 25.3 Å². The average Bonchev–Trinajstić information content (AvgIpc) is 2.74. The highest BCUT2D eigenvalue weighted by Gasteiger charge is 2.06. The molecule has 0 aromatic heterocycles. The van der Waals surface area contributed by atoms with Gasteiger partial charge in [-0.1, -0.05) is 74.0 Å². The van der Waals surface area contributed by atoms with E-state index in [1.807, 2.05) is 24.3 Å². The molecule has 0 atom stereocenters. The maximum atomic E-state index is 13.5. The Morgan fingerprint density at radius 1 is 0.571 bits per heavy atom. The zero-order valence-corrected chi connectivity index (χ0v) is 15.9. The quantitative estimate of drug-likeness (QED) is 0.335. The van der Waals surface area contributed by atoms with Crippen molar-refractivity contribution in [2.75, 3.05) is 0 Å². The second-order valence-electron chi connectivity index (χ2n) is 7.21. The first kappa shape index (κ1) is 18.4. The molecule has 0 saturated carbocycles. The van der Waals surface area contributed by atoms with Crippen LogP contribution in [0.25, 0.3) is 33.0 Å². The first-order chi connectivity index (χ1) is 13.6. The Hall–Kier alpha value is -3.00. The molecular weight excluding hydrogens is 350 g/mol. The number of unbranched alkanes of at least 4 members (excludes halogenated alkanes) is 1. The summed E-state index contributed by atoms with van der Waals surface area (Å²) in [5.41, 5.74) is 5.17. The van der Waals surface area contributed by atoms with Crippen molar-refractivity contribution in [3.05, 3.63) is 96.1 Å². The van der Waals surface area contributed by atoms with E-state index >= 15 is 0 Å². The van der Waals surface area contributed by atoms with Gasteiger partial charge < -0.3 is 0 Å². The van der Waals surface area contributed by atoms with Crippen LogP contribution in [0.5, 0.6) is 0 Å². The first-order valence-corrected chi connectivity index (χ1v) is 9.72. The van der Waals surface area contributed by atoms with Crippen LogP contribution in [0.15, 0.2) is 78.9 Å². The van der Waals surface area contributed by atoms with E-state index in [4.69, 9.17) is 0 Å². The van der Waals surface area contributed by atoms with Gasteiger partial charge in [0, 0.05) is 0 Å². The largest absolute Gasteiger partial charge is 0.204 e. The zero-order chi connectivity index (χ0) is 19.5. The van der Waals surface area contributed by atoms with E-state index in [9.17, 15) is 8.78 Å². The number of hydrogen-bond donors (Lipinski definition) is 0. The summed E-state index contributed by atoms with van der Waals surface area (Å²) in [6.07, 6.45) is 3.55. The molecule has 4 rings (SSSR count). The van der Waals surface area contributed by atoms with Crippen LogP contribution in [0.3, 0.4) is 0 Å². The van der Waals surface area contributed by atoms with E-state index in [2.05, 4.69) is 43.3 Å². The minimum absolute atomic E-state index is 0.670. The lowest BCUT2D eigenvalue weighted by atomic mass is 9.97. The monoisotopic (exact) mass is 372 g/mol. The highest BCUT2D eigenvalue weighted by molar-refractivity contribution is 5.88. The van der Waals surface area contributed by atoms with Gasteiger partial charge in [-0.05, 0) is 69.6 Å². The maximum absolute atomic E-state index is 13.5. The second kappa shape index (κ2) is 7.93. The lowest BCUT2D eigenvalue weighted by molar-refractivity contribution is 0.509. The summed E-state index contributed by atoms with van der Waals surface area (Å²) in [6, 6.07) is 25.1. The molecule has 0 bridgehead atoms. The number of rotatable bonds is 5. The molecule has 0 heterocycles. The summed E-state index contributed by atoms with van der Waals surface area (Å²) in [6.45, 7) is 2.21. The standard InChI is InChI=1S/C26H22F2/c1-2-3-4-18-5-6-23-16-22(12-11-21(23)15-18)19-7-9-20(10-8-19)24-13-14-25(27)26(28)17-24/h5-17H,2-4H2,1H3. The summed E-state index contributed by atoms with van der Waals surface area (Å²) in [7, 11) is 0. The van der Waals surface area contributed by atoms with Crippen LogP contribution in [0.4, 0.5) is 8.78 Å². The fourth-order valence-corrected chi connectivity index (χ4v) is 3.54. The van der Waals surface area contributed by atoms with Crippen molar-refractivity contribution in [1.82, 2.24) is 0 Å². The minimum atomic E-state index is -0.825. The summed E-state index contributed by atoms with van der Waals surface area (Å²) >= 11 is 0.